The Hall–Kier alpha value is -0.940. The van der Waals surface area contributed by atoms with Gasteiger partial charge in [0.15, 0.2) is 11.5 Å². The second kappa shape index (κ2) is 4.28. The number of benzene rings is 1. The minimum Gasteiger partial charge on any atom is -0.506 e. The number of halogens is 1. The molecule has 0 unspecified atom stereocenters. The van der Waals surface area contributed by atoms with Crippen molar-refractivity contribution in [3.8, 4) is 17.2 Å². The van der Waals surface area contributed by atoms with E-state index < -0.39 is 0 Å². The van der Waals surface area contributed by atoms with Gasteiger partial charge in [0.05, 0.1) is 4.47 Å². The highest BCUT2D eigenvalue weighted by molar-refractivity contribution is 9.10. The molecule has 0 aliphatic carbocycles. The molecule has 0 radical (unpaired) electrons. The standard InChI is InChI=1S/C10H12BrNO3/c1-12-3-2-6-9(13)7(11)4-8-10(6)15-5-14-8/h4,12-13H,2-3,5H2,1H3. The summed E-state index contributed by atoms with van der Waals surface area (Å²) < 4.78 is 11.2. The number of aromatic hydroxyl groups is 1. The first-order chi connectivity index (χ1) is 7.24. The summed E-state index contributed by atoms with van der Waals surface area (Å²) in [6.45, 7) is 0.998. The summed E-state index contributed by atoms with van der Waals surface area (Å²) in [7, 11) is 1.87. The third-order valence-electron chi connectivity index (χ3n) is 2.31. The molecule has 1 aliphatic rings. The molecule has 82 valence electrons. The van der Waals surface area contributed by atoms with Crippen LogP contribution in [0.2, 0.25) is 0 Å². The fourth-order valence-corrected chi connectivity index (χ4v) is 2.00. The highest BCUT2D eigenvalue weighted by Crippen LogP contribution is 2.44. The summed E-state index contributed by atoms with van der Waals surface area (Å²) in [6.07, 6.45) is 0.702. The Bertz CT molecular complexity index is 381. The second-order valence-electron chi connectivity index (χ2n) is 3.27. The molecule has 4 nitrogen and oxygen atoms in total. The van der Waals surface area contributed by atoms with E-state index in [4.69, 9.17) is 9.47 Å². The van der Waals surface area contributed by atoms with Crippen LogP contribution in [0.1, 0.15) is 5.56 Å². The lowest BCUT2D eigenvalue weighted by Gasteiger charge is -2.09. The van der Waals surface area contributed by atoms with Crippen molar-refractivity contribution in [2.45, 2.75) is 6.42 Å². The highest BCUT2D eigenvalue weighted by atomic mass is 79.9. The van der Waals surface area contributed by atoms with Crippen molar-refractivity contribution in [1.82, 2.24) is 5.32 Å². The number of hydrogen-bond acceptors (Lipinski definition) is 4. The average Bonchev–Trinajstić information content (AvgIpc) is 2.66. The van der Waals surface area contributed by atoms with Crippen molar-refractivity contribution >= 4 is 15.9 Å². The lowest BCUT2D eigenvalue weighted by Crippen LogP contribution is -2.11. The van der Waals surface area contributed by atoms with Crippen LogP contribution in [0.4, 0.5) is 0 Å². The number of phenols is 1. The van der Waals surface area contributed by atoms with E-state index in [9.17, 15) is 5.11 Å². The zero-order chi connectivity index (χ0) is 10.8. The molecule has 5 heteroatoms. The number of likely N-dealkylation sites (N-methyl/N-ethyl adjacent to an activating group) is 1. The van der Waals surface area contributed by atoms with E-state index >= 15 is 0 Å². The molecule has 1 aromatic carbocycles. The Morgan fingerprint density at radius 1 is 1.53 bits per heavy atom. The van der Waals surface area contributed by atoms with Crippen LogP contribution in [0.15, 0.2) is 10.5 Å². The van der Waals surface area contributed by atoms with Gasteiger partial charge in [-0.05, 0) is 35.9 Å². The Balaban J connectivity index is 2.41. The minimum atomic E-state index is 0.220. The van der Waals surface area contributed by atoms with Gasteiger partial charge in [0, 0.05) is 11.6 Å². The third-order valence-corrected chi connectivity index (χ3v) is 2.91. The highest BCUT2D eigenvalue weighted by Gasteiger charge is 2.22. The Morgan fingerprint density at radius 2 is 2.33 bits per heavy atom. The number of rotatable bonds is 3. The van der Waals surface area contributed by atoms with Gasteiger partial charge in [0.25, 0.3) is 0 Å². The fraction of sp³-hybridized carbons (Fsp3) is 0.400. The van der Waals surface area contributed by atoms with Gasteiger partial charge in [-0.15, -0.1) is 0 Å². The lowest BCUT2D eigenvalue weighted by atomic mass is 10.1. The van der Waals surface area contributed by atoms with E-state index in [2.05, 4.69) is 21.2 Å². The van der Waals surface area contributed by atoms with Gasteiger partial charge >= 0.3 is 0 Å². The number of hydrogen-bond donors (Lipinski definition) is 2. The van der Waals surface area contributed by atoms with Gasteiger partial charge in [-0.25, -0.2) is 0 Å². The molecular weight excluding hydrogens is 262 g/mol. The van der Waals surface area contributed by atoms with Gasteiger partial charge in [0.2, 0.25) is 6.79 Å². The van der Waals surface area contributed by atoms with Gasteiger partial charge in [-0.3, -0.25) is 0 Å². The summed E-state index contributed by atoms with van der Waals surface area (Å²) >= 11 is 3.29. The van der Waals surface area contributed by atoms with Crippen molar-refractivity contribution in [1.29, 1.82) is 0 Å². The first-order valence-corrected chi connectivity index (χ1v) is 5.48. The predicted molar refractivity (Wildman–Crippen MR) is 59.6 cm³/mol. The van der Waals surface area contributed by atoms with Crippen LogP contribution in [0, 0.1) is 0 Å². The lowest BCUT2D eigenvalue weighted by molar-refractivity contribution is 0.173. The molecule has 0 saturated carbocycles. The summed E-state index contributed by atoms with van der Waals surface area (Å²) in [5.74, 6) is 1.58. The maximum Gasteiger partial charge on any atom is 0.231 e. The molecule has 1 heterocycles. The van der Waals surface area contributed by atoms with Crippen molar-refractivity contribution in [2.75, 3.05) is 20.4 Å². The summed E-state index contributed by atoms with van der Waals surface area (Å²) in [5, 5.41) is 12.9. The molecule has 1 aromatic rings. The van der Waals surface area contributed by atoms with Gasteiger partial charge in [0.1, 0.15) is 5.75 Å². The predicted octanol–water partition coefficient (Wildman–Crippen LogP) is 1.65. The zero-order valence-corrected chi connectivity index (χ0v) is 9.93. The van der Waals surface area contributed by atoms with Crippen LogP contribution in [0.25, 0.3) is 0 Å². The fourth-order valence-electron chi connectivity index (χ4n) is 1.55. The Labute approximate surface area is 96.3 Å². The molecule has 0 spiro atoms. The second-order valence-corrected chi connectivity index (χ2v) is 4.13. The van der Waals surface area contributed by atoms with Crippen LogP contribution in [-0.2, 0) is 6.42 Å². The van der Waals surface area contributed by atoms with Gasteiger partial charge in [-0.1, -0.05) is 0 Å². The summed E-state index contributed by atoms with van der Waals surface area (Å²) in [6, 6.07) is 1.72. The van der Waals surface area contributed by atoms with Gasteiger partial charge < -0.3 is 19.9 Å². The average molecular weight is 274 g/mol. The van der Waals surface area contributed by atoms with E-state index in [1.165, 1.54) is 0 Å². The van der Waals surface area contributed by atoms with Gasteiger partial charge in [-0.2, -0.15) is 0 Å². The first kappa shape index (κ1) is 10.6. The maximum atomic E-state index is 9.88. The van der Waals surface area contributed by atoms with Crippen LogP contribution >= 0.6 is 15.9 Å². The largest absolute Gasteiger partial charge is 0.506 e. The number of phenolic OH excluding ortho intramolecular Hbond substituents is 1. The Morgan fingerprint density at radius 3 is 3.07 bits per heavy atom. The molecule has 0 amide bonds. The molecule has 15 heavy (non-hydrogen) atoms. The number of fused-ring (bicyclic) bond motifs is 1. The monoisotopic (exact) mass is 273 g/mol. The molecule has 0 saturated heterocycles. The van der Waals surface area contributed by atoms with Crippen molar-refractivity contribution in [3.05, 3.63) is 16.1 Å². The van der Waals surface area contributed by atoms with Crippen LogP contribution in [-0.4, -0.2) is 25.5 Å². The normalized spacial score (nSPS) is 13.2. The molecule has 1 aliphatic heterocycles. The molecule has 0 fully saturated rings. The van der Waals surface area contributed by atoms with E-state index in [-0.39, 0.29) is 12.5 Å². The molecule has 2 N–H and O–H groups in total. The molecular formula is C10H12BrNO3. The first-order valence-electron chi connectivity index (χ1n) is 4.68. The van der Waals surface area contributed by atoms with Crippen LogP contribution < -0.4 is 14.8 Å². The quantitative estimate of drug-likeness (QED) is 0.880. The van der Waals surface area contributed by atoms with E-state index in [1.54, 1.807) is 6.07 Å². The molecule has 2 rings (SSSR count). The number of ether oxygens (including phenoxy) is 2. The van der Waals surface area contributed by atoms with Crippen molar-refractivity contribution < 1.29 is 14.6 Å². The smallest absolute Gasteiger partial charge is 0.231 e. The van der Waals surface area contributed by atoms with E-state index in [0.29, 0.717) is 22.4 Å². The molecule has 0 atom stereocenters. The topological polar surface area (TPSA) is 50.7 Å². The Kier molecular flexibility index (Phi) is 3.02. The van der Waals surface area contributed by atoms with E-state index in [1.807, 2.05) is 7.05 Å². The molecule has 0 aromatic heterocycles. The van der Waals surface area contributed by atoms with Crippen LogP contribution in [0.5, 0.6) is 17.2 Å². The third kappa shape index (κ3) is 1.89. The van der Waals surface area contributed by atoms with Crippen molar-refractivity contribution in [3.63, 3.8) is 0 Å². The van der Waals surface area contributed by atoms with Crippen molar-refractivity contribution in [2.24, 2.45) is 0 Å². The summed E-state index contributed by atoms with van der Waals surface area (Å²) in [5.41, 5.74) is 0.784. The summed E-state index contributed by atoms with van der Waals surface area (Å²) in [4.78, 5) is 0. The number of nitrogens with one attached hydrogen (secondary N) is 1. The zero-order valence-electron chi connectivity index (χ0n) is 8.34. The SMILES string of the molecule is CNCCc1c(O)c(Br)cc2c1OCO2. The minimum absolute atomic E-state index is 0.220. The van der Waals surface area contributed by atoms with E-state index in [0.717, 1.165) is 12.1 Å². The molecule has 0 bridgehead atoms. The van der Waals surface area contributed by atoms with Crippen LogP contribution in [0.3, 0.4) is 0 Å². The maximum absolute atomic E-state index is 9.88.